The molecular formula is C10H16N2OS. The van der Waals surface area contributed by atoms with E-state index in [1.54, 1.807) is 11.3 Å². The standard InChI is InChI=1S/C10H16N2OS/c1-8-9(14-7-12-8)13-10(2)3-5-11-6-4-10/h7,11H,3-6H2,1-2H3. The van der Waals surface area contributed by atoms with Gasteiger partial charge in [-0.3, -0.25) is 0 Å². The van der Waals surface area contributed by atoms with E-state index in [0.29, 0.717) is 0 Å². The van der Waals surface area contributed by atoms with Crippen LogP contribution in [0.2, 0.25) is 0 Å². The van der Waals surface area contributed by atoms with Crippen LogP contribution in [0, 0.1) is 6.92 Å². The lowest BCUT2D eigenvalue weighted by Gasteiger charge is -2.34. The summed E-state index contributed by atoms with van der Waals surface area (Å²) in [4.78, 5) is 4.19. The lowest BCUT2D eigenvalue weighted by Crippen LogP contribution is -2.43. The number of piperidine rings is 1. The van der Waals surface area contributed by atoms with E-state index in [0.717, 1.165) is 36.7 Å². The van der Waals surface area contributed by atoms with Crippen molar-refractivity contribution in [1.29, 1.82) is 0 Å². The topological polar surface area (TPSA) is 34.1 Å². The van der Waals surface area contributed by atoms with Crippen LogP contribution in [0.4, 0.5) is 0 Å². The fourth-order valence-corrected chi connectivity index (χ4v) is 2.45. The fraction of sp³-hybridized carbons (Fsp3) is 0.700. The molecule has 0 aromatic carbocycles. The summed E-state index contributed by atoms with van der Waals surface area (Å²) in [7, 11) is 0. The van der Waals surface area contributed by atoms with E-state index in [-0.39, 0.29) is 5.60 Å². The van der Waals surface area contributed by atoms with Gasteiger partial charge in [0.1, 0.15) is 5.60 Å². The SMILES string of the molecule is Cc1ncsc1OC1(C)CCNCC1. The second-order valence-electron chi connectivity index (χ2n) is 4.03. The highest BCUT2D eigenvalue weighted by molar-refractivity contribution is 7.11. The van der Waals surface area contributed by atoms with Crippen LogP contribution in [0.3, 0.4) is 0 Å². The molecule has 1 fully saturated rings. The van der Waals surface area contributed by atoms with Gasteiger partial charge in [-0.05, 0) is 39.8 Å². The molecule has 1 N–H and O–H groups in total. The summed E-state index contributed by atoms with van der Waals surface area (Å²) in [5.74, 6) is 0. The number of hydrogen-bond donors (Lipinski definition) is 1. The van der Waals surface area contributed by atoms with Crippen LogP contribution in [0.1, 0.15) is 25.5 Å². The minimum Gasteiger partial charge on any atom is -0.476 e. The second kappa shape index (κ2) is 3.87. The number of hydrogen-bond acceptors (Lipinski definition) is 4. The third-order valence-electron chi connectivity index (χ3n) is 2.70. The summed E-state index contributed by atoms with van der Waals surface area (Å²) in [6.07, 6.45) is 2.15. The molecule has 0 atom stereocenters. The summed E-state index contributed by atoms with van der Waals surface area (Å²) < 4.78 is 6.03. The number of aromatic nitrogens is 1. The van der Waals surface area contributed by atoms with Crippen LogP contribution < -0.4 is 10.1 Å². The molecule has 1 saturated heterocycles. The highest BCUT2D eigenvalue weighted by atomic mass is 32.1. The van der Waals surface area contributed by atoms with Crippen molar-refractivity contribution in [3.8, 4) is 5.06 Å². The zero-order chi connectivity index (χ0) is 10.0. The van der Waals surface area contributed by atoms with Crippen molar-refractivity contribution in [2.45, 2.75) is 32.3 Å². The molecule has 2 heterocycles. The molecule has 0 bridgehead atoms. The summed E-state index contributed by atoms with van der Waals surface area (Å²) in [5.41, 5.74) is 2.85. The van der Waals surface area contributed by atoms with Gasteiger partial charge in [-0.2, -0.15) is 0 Å². The van der Waals surface area contributed by atoms with Crippen LogP contribution in [-0.4, -0.2) is 23.7 Å². The van der Waals surface area contributed by atoms with E-state index in [9.17, 15) is 0 Å². The Bertz CT molecular complexity index is 305. The first-order valence-corrected chi connectivity index (χ1v) is 5.87. The third-order valence-corrected chi connectivity index (χ3v) is 3.51. The minimum absolute atomic E-state index is 0.00252. The van der Waals surface area contributed by atoms with Gasteiger partial charge in [0, 0.05) is 0 Å². The van der Waals surface area contributed by atoms with Gasteiger partial charge >= 0.3 is 0 Å². The van der Waals surface area contributed by atoms with Crippen molar-refractivity contribution in [3.05, 3.63) is 11.2 Å². The second-order valence-corrected chi connectivity index (χ2v) is 4.84. The summed E-state index contributed by atoms with van der Waals surface area (Å²) in [6.45, 7) is 6.28. The fourth-order valence-electron chi connectivity index (χ4n) is 1.67. The molecule has 4 heteroatoms. The molecule has 0 saturated carbocycles. The van der Waals surface area contributed by atoms with E-state index in [1.807, 2.05) is 12.4 Å². The van der Waals surface area contributed by atoms with Crippen LogP contribution in [0.15, 0.2) is 5.51 Å². The van der Waals surface area contributed by atoms with Gasteiger partial charge < -0.3 is 10.1 Å². The summed E-state index contributed by atoms with van der Waals surface area (Å²) in [6, 6.07) is 0. The van der Waals surface area contributed by atoms with Crippen LogP contribution in [0.25, 0.3) is 0 Å². The molecule has 14 heavy (non-hydrogen) atoms. The number of ether oxygens (including phenoxy) is 1. The Kier molecular flexibility index (Phi) is 2.74. The first-order valence-electron chi connectivity index (χ1n) is 4.99. The zero-order valence-electron chi connectivity index (χ0n) is 8.67. The van der Waals surface area contributed by atoms with Gasteiger partial charge in [0.15, 0.2) is 5.06 Å². The molecule has 1 aromatic heterocycles. The Morgan fingerprint density at radius 2 is 2.21 bits per heavy atom. The Labute approximate surface area is 88.5 Å². The van der Waals surface area contributed by atoms with Crippen LogP contribution >= 0.6 is 11.3 Å². The van der Waals surface area contributed by atoms with E-state index in [2.05, 4.69) is 17.2 Å². The van der Waals surface area contributed by atoms with E-state index in [1.165, 1.54) is 0 Å². The number of nitrogens with one attached hydrogen (secondary N) is 1. The van der Waals surface area contributed by atoms with Crippen molar-refractivity contribution in [2.75, 3.05) is 13.1 Å². The lowest BCUT2D eigenvalue weighted by atomic mass is 9.95. The first-order chi connectivity index (χ1) is 6.70. The summed E-state index contributed by atoms with van der Waals surface area (Å²) >= 11 is 1.59. The predicted molar refractivity (Wildman–Crippen MR) is 58.0 cm³/mol. The predicted octanol–water partition coefficient (Wildman–Crippen LogP) is 1.97. The Morgan fingerprint density at radius 1 is 1.50 bits per heavy atom. The largest absolute Gasteiger partial charge is 0.476 e. The van der Waals surface area contributed by atoms with Crippen molar-refractivity contribution in [2.24, 2.45) is 0 Å². The molecule has 0 spiro atoms. The maximum absolute atomic E-state index is 6.03. The van der Waals surface area contributed by atoms with E-state index < -0.39 is 0 Å². The number of thiazole rings is 1. The highest BCUT2D eigenvalue weighted by Gasteiger charge is 2.29. The maximum Gasteiger partial charge on any atom is 0.197 e. The molecule has 0 amide bonds. The molecule has 2 rings (SSSR count). The molecule has 0 unspecified atom stereocenters. The molecule has 78 valence electrons. The maximum atomic E-state index is 6.03. The van der Waals surface area contributed by atoms with E-state index >= 15 is 0 Å². The van der Waals surface area contributed by atoms with Gasteiger partial charge in [-0.25, -0.2) is 4.98 Å². The minimum atomic E-state index is 0.00252. The Balaban J connectivity index is 2.05. The van der Waals surface area contributed by atoms with Crippen molar-refractivity contribution >= 4 is 11.3 Å². The zero-order valence-corrected chi connectivity index (χ0v) is 9.49. The highest BCUT2D eigenvalue weighted by Crippen LogP contribution is 2.30. The molecule has 1 aliphatic rings. The van der Waals surface area contributed by atoms with Crippen LogP contribution in [-0.2, 0) is 0 Å². The molecule has 1 aromatic rings. The normalized spacial score (nSPS) is 20.7. The average Bonchev–Trinajstić information content (AvgIpc) is 2.52. The molecular weight excluding hydrogens is 196 g/mol. The average molecular weight is 212 g/mol. The van der Waals surface area contributed by atoms with Gasteiger partial charge in [0.25, 0.3) is 0 Å². The quantitative estimate of drug-likeness (QED) is 0.814. The van der Waals surface area contributed by atoms with E-state index in [4.69, 9.17) is 4.74 Å². The monoisotopic (exact) mass is 212 g/mol. The Morgan fingerprint density at radius 3 is 2.79 bits per heavy atom. The lowest BCUT2D eigenvalue weighted by molar-refractivity contribution is 0.0587. The third kappa shape index (κ3) is 2.07. The van der Waals surface area contributed by atoms with Gasteiger partial charge in [0.05, 0.1) is 11.2 Å². The van der Waals surface area contributed by atoms with Crippen molar-refractivity contribution in [1.82, 2.24) is 10.3 Å². The number of rotatable bonds is 2. The number of aryl methyl sites for hydroxylation is 1. The smallest absolute Gasteiger partial charge is 0.197 e. The van der Waals surface area contributed by atoms with Crippen molar-refractivity contribution in [3.63, 3.8) is 0 Å². The van der Waals surface area contributed by atoms with Crippen LogP contribution in [0.5, 0.6) is 5.06 Å². The molecule has 0 aliphatic carbocycles. The van der Waals surface area contributed by atoms with Crippen molar-refractivity contribution < 1.29 is 4.74 Å². The molecule has 1 aliphatic heterocycles. The molecule has 0 radical (unpaired) electrons. The summed E-state index contributed by atoms with van der Waals surface area (Å²) in [5, 5.41) is 4.32. The number of nitrogens with zero attached hydrogens (tertiary/aromatic N) is 1. The van der Waals surface area contributed by atoms with Gasteiger partial charge in [0.2, 0.25) is 0 Å². The van der Waals surface area contributed by atoms with Gasteiger partial charge in [-0.15, -0.1) is 0 Å². The molecule has 3 nitrogen and oxygen atoms in total. The van der Waals surface area contributed by atoms with Gasteiger partial charge in [-0.1, -0.05) is 11.3 Å². The Hall–Kier alpha value is -0.610. The first kappa shape index (κ1) is 9.93.